The summed E-state index contributed by atoms with van der Waals surface area (Å²) in [5.74, 6) is -1.91. The third kappa shape index (κ3) is 4.36. The molecule has 0 saturated carbocycles. The number of alkyl halides is 3. The maximum absolute atomic E-state index is 12.6. The fraction of sp³-hybridized carbons (Fsp3) is 0.455. The Labute approximate surface area is 143 Å². The zero-order valence-electron chi connectivity index (χ0n) is 11.0. The highest BCUT2D eigenvalue weighted by Crippen LogP contribution is 2.62. The Morgan fingerprint density at radius 1 is 1.14 bits per heavy atom. The van der Waals surface area contributed by atoms with Gasteiger partial charge in [0.2, 0.25) is 9.64 Å². The van der Waals surface area contributed by atoms with Gasteiger partial charge in [-0.1, -0.05) is 53.0 Å². The van der Waals surface area contributed by atoms with Crippen molar-refractivity contribution in [3.05, 3.63) is 30.3 Å². The second kappa shape index (κ2) is 6.95. The summed E-state index contributed by atoms with van der Waals surface area (Å²) in [6.45, 7) is 0.173. The zero-order valence-corrected chi connectivity index (χ0v) is 15.0. The van der Waals surface area contributed by atoms with Crippen LogP contribution in [-0.2, 0) is 27.9 Å². The van der Waals surface area contributed by atoms with Crippen LogP contribution in [0.25, 0.3) is 0 Å². The van der Waals surface area contributed by atoms with E-state index in [1.165, 1.54) is 24.3 Å². The zero-order chi connectivity index (χ0) is 16.4. The van der Waals surface area contributed by atoms with Gasteiger partial charge in [0.15, 0.2) is 0 Å². The third-order valence-electron chi connectivity index (χ3n) is 2.65. The first-order chi connectivity index (χ1) is 10.2. The smallest absolute Gasteiger partial charge is 0.307 e. The first-order valence-corrected chi connectivity index (χ1v) is 10.2. The molecule has 0 spiro atoms. The van der Waals surface area contributed by atoms with Crippen molar-refractivity contribution in [2.24, 2.45) is 0 Å². The maximum atomic E-state index is 12.6. The van der Waals surface area contributed by atoms with Crippen molar-refractivity contribution in [1.29, 1.82) is 0 Å². The standard InChI is InChI=1S/C11H12Cl3O6PS/c12-11(13,14)10(21(15)18-7-4-8-19-21)20-22(16,17)9-5-2-1-3-6-9/h1-3,5-6,10H,4,7-8H2/t10-/m1/s1. The molecule has 0 radical (unpaired) electrons. The predicted molar refractivity (Wildman–Crippen MR) is 82.9 cm³/mol. The molecule has 1 aliphatic rings. The van der Waals surface area contributed by atoms with Crippen molar-refractivity contribution in [2.45, 2.75) is 21.0 Å². The fourth-order valence-electron chi connectivity index (χ4n) is 1.66. The normalized spacial score (nSPS) is 20.5. The lowest BCUT2D eigenvalue weighted by atomic mass is 10.4. The Bertz CT molecular complexity index is 650. The Morgan fingerprint density at radius 2 is 1.68 bits per heavy atom. The number of rotatable bonds is 4. The van der Waals surface area contributed by atoms with Gasteiger partial charge in [0.1, 0.15) is 0 Å². The van der Waals surface area contributed by atoms with Gasteiger partial charge in [-0.2, -0.15) is 8.42 Å². The van der Waals surface area contributed by atoms with Crippen LogP contribution in [0.3, 0.4) is 0 Å². The van der Waals surface area contributed by atoms with Crippen LogP contribution in [0.4, 0.5) is 0 Å². The van der Waals surface area contributed by atoms with E-state index in [2.05, 4.69) is 0 Å². The van der Waals surface area contributed by atoms with Crippen molar-refractivity contribution < 1.29 is 26.2 Å². The van der Waals surface area contributed by atoms with Crippen LogP contribution in [0.15, 0.2) is 35.2 Å². The van der Waals surface area contributed by atoms with Gasteiger partial charge in [0.25, 0.3) is 10.1 Å². The van der Waals surface area contributed by atoms with E-state index in [0.29, 0.717) is 6.42 Å². The topological polar surface area (TPSA) is 78.9 Å². The summed E-state index contributed by atoms with van der Waals surface area (Å²) in [6, 6.07) is 7.21. The average Bonchev–Trinajstić information content (AvgIpc) is 2.45. The highest BCUT2D eigenvalue weighted by Gasteiger charge is 2.53. The molecule has 1 aromatic carbocycles. The van der Waals surface area contributed by atoms with E-state index >= 15 is 0 Å². The summed E-state index contributed by atoms with van der Waals surface area (Å²) in [5, 5.41) is 0. The van der Waals surface area contributed by atoms with Gasteiger partial charge in [0, 0.05) is 0 Å². The van der Waals surface area contributed by atoms with Crippen molar-refractivity contribution in [3.8, 4) is 0 Å². The van der Waals surface area contributed by atoms with E-state index in [4.69, 9.17) is 48.0 Å². The van der Waals surface area contributed by atoms with Gasteiger partial charge in [-0.3, -0.25) is 4.57 Å². The maximum Gasteiger partial charge on any atom is 0.365 e. The Balaban J connectivity index is 2.34. The molecule has 22 heavy (non-hydrogen) atoms. The molecular formula is C11H12Cl3O6PS. The summed E-state index contributed by atoms with van der Waals surface area (Å²) in [4.78, 5) is -0.169. The molecule has 1 saturated heterocycles. The fourth-order valence-corrected chi connectivity index (χ4v) is 6.25. The molecule has 124 valence electrons. The Morgan fingerprint density at radius 3 is 2.18 bits per heavy atom. The van der Waals surface area contributed by atoms with E-state index in [1.54, 1.807) is 6.07 Å². The second-order valence-electron chi connectivity index (χ2n) is 4.32. The lowest BCUT2D eigenvalue weighted by Gasteiger charge is -2.32. The van der Waals surface area contributed by atoms with Crippen LogP contribution in [0, 0.1) is 0 Å². The van der Waals surface area contributed by atoms with Crippen molar-refractivity contribution in [2.75, 3.05) is 13.2 Å². The summed E-state index contributed by atoms with van der Waals surface area (Å²) in [6.07, 6.45) is 0.488. The molecule has 1 heterocycles. The van der Waals surface area contributed by atoms with Crippen LogP contribution in [0.2, 0.25) is 0 Å². The van der Waals surface area contributed by atoms with E-state index in [9.17, 15) is 13.0 Å². The highest BCUT2D eigenvalue weighted by atomic mass is 35.6. The number of hydrogen-bond donors (Lipinski definition) is 0. The number of halogens is 3. The molecule has 0 aliphatic carbocycles. The minimum absolute atomic E-state index is 0.0866. The van der Waals surface area contributed by atoms with E-state index in [0.717, 1.165) is 0 Å². The van der Waals surface area contributed by atoms with Crippen LogP contribution in [0.5, 0.6) is 0 Å². The SMILES string of the molecule is O=P1([C@@H](OS(=O)(=O)c2ccccc2)C(Cl)(Cl)Cl)OCCCO1. The van der Waals surface area contributed by atoms with Gasteiger partial charge in [-0.25, -0.2) is 4.18 Å². The Hall–Kier alpha value is 0.150. The summed E-state index contributed by atoms with van der Waals surface area (Å²) in [5.41, 5.74) is 0. The summed E-state index contributed by atoms with van der Waals surface area (Å²) < 4.78 is 49.7. The second-order valence-corrected chi connectivity index (χ2v) is 10.3. The number of benzene rings is 1. The molecule has 11 heteroatoms. The van der Waals surface area contributed by atoms with Crippen molar-refractivity contribution in [3.63, 3.8) is 0 Å². The molecule has 0 bridgehead atoms. The van der Waals surface area contributed by atoms with Gasteiger partial charge >= 0.3 is 7.60 Å². The predicted octanol–water partition coefficient (Wildman–Crippen LogP) is 3.72. The lowest BCUT2D eigenvalue weighted by molar-refractivity contribution is 0.113. The van der Waals surface area contributed by atoms with Crippen LogP contribution >= 0.6 is 42.4 Å². The molecule has 0 unspecified atom stereocenters. The molecule has 1 aliphatic heterocycles. The molecule has 1 atom stereocenters. The van der Waals surface area contributed by atoms with Gasteiger partial charge in [-0.15, -0.1) is 0 Å². The van der Waals surface area contributed by atoms with Gasteiger partial charge in [0.05, 0.1) is 18.1 Å². The third-order valence-corrected chi connectivity index (χ3v) is 7.29. The molecule has 1 fully saturated rings. The van der Waals surface area contributed by atoms with Crippen LogP contribution in [-0.4, -0.2) is 31.3 Å². The highest BCUT2D eigenvalue weighted by molar-refractivity contribution is 7.87. The minimum atomic E-state index is -4.32. The van der Waals surface area contributed by atoms with Gasteiger partial charge < -0.3 is 9.05 Å². The molecule has 6 nitrogen and oxygen atoms in total. The molecular weight excluding hydrogens is 398 g/mol. The summed E-state index contributed by atoms with van der Waals surface area (Å²) >= 11 is 17.2. The quantitative estimate of drug-likeness (QED) is 0.428. The monoisotopic (exact) mass is 408 g/mol. The first kappa shape index (κ1) is 18.5. The Kier molecular flexibility index (Phi) is 5.84. The number of hydrogen-bond acceptors (Lipinski definition) is 6. The lowest BCUT2D eigenvalue weighted by Crippen LogP contribution is -2.34. The first-order valence-electron chi connectivity index (χ1n) is 6.09. The minimum Gasteiger partial charge on any atom is -0.307 e. The largest absolute Gasteiger partial charge is 0.365 e. The van der Waals surface area contributed by atoms with Crippen LogP contribution < -0.4 is 0 Å². The van der Waals surface area contributed by atoms with Gasteiger partial charge in [-0.05, 0) is 18.6 Å². The molecule has 0 N–H and O–H groups in total. The van der Waals surface area contributed by atoms with E-state index < -0.39 is 27.4 Å². The molecule has 0 amide bonds. The molecule has 1 aromatic rings. The van der Waals surface area contributed by atoms with Crippen molar-refractivity contribution in [1.82, 2.24) is 0 Å². The molecule has 2 rings (SSSR count). The van der Waals surface area contributed by atoms with Crippen LogP contribution in [0.1, 0.15) is 6.42 Å². The van der Waals surface area contributed by atoms with Crippen molar-refractivity contribution >= 4 is 52.5 Å². The summed E-state index contributed by atoms with van der Waals surface area (Å²) in [7, 11) is -8.37. The molecule has 0 aromatic heterocycles. The van der Waals surface area contributed by atoms with E-state index in [1.807, 2.05) is 0 Å². The average molecular weight is 410 g/mol. The van der Waals surface area contributed by atoms with E-state index in [-0.39, 0.29) is 18.1 Å².